The number of rotatable bonds is 7. The van der Waals surface area contributed by atoms with Crippen molar-refractivity contribution in [3.8, 4) is 0 Å². The first-order valence-corrected chi connectivity index (χ1v) is 6.39. The monoisotopic (exact) mass is 259 g/mol. The number of hydrogen-bond donors (Lipinski definition) is 2. The van der Waals surface area contributed by atoms with Gasteiger partial charge in [0.1, 0.15) is 5.60 Å². The van der Waals surface area contributed by atoms with Crippen molar-refractivity contribution in [2.75, 3.05) is 0 Å². The van der Waals surface area contributed by atoms with E-state index in [9.17, 15) is 9.59 Å². The third kappa shape index (κ3) is 5.49. The Morgan fingerprint density at radius 1 is 1.17 bits per heavy atom. The number of esters is 1. The molecule has 1 atom stereocenters. The molecule has 1 unspecified atom stereocenters. The van der Waals surface area contributed by atoms with Crippen LogP contribution in [0.3, 0.4) is 0 Å². The van der Waals surface area contributed by atoms with E-state index in [-0.39, 0.29) is 6.42 Å². The Kier molecular flexibility index (Phi) is 6.32. The molecule has 0 aliphatic heterocycles. The smallest absolute Gasteiger partial charge is 0.338 e. The van der Waals surface area contributed by atoms with Crippen LogP contribution in [0.2, 0.25) is 0 Å². The Labute approximate surface area is 109 Å². The number of carbonyl (C=O) groups is 2. The van der Waals surface area contributed by atoms with Gasteiger partial charge in [0, 0.05) is 0 Å². The minimum Gasteiger partial charge on any atom is -0.479 e. The largest absolute Gasteiger partial charge is 0.479 e. The minimum atomic E-state index is -1.93. The zero-order chi connectivity index (χ0) is 14.4. The maximum Gasteiger partial charge on any atom is 0.338 e. The Bertz CT molecular complexity index is 296. The molecule has 0 radical (unpaired) electrons. The molecule has 0 saturated carbocycles. The molecule has 0 fully saturated rings. The van der Waals surface area contributed by atoms with Crippen molar-refractivity contribution in [2.45, 2.75) is 70.9 Å². The highest BCUT2D eigenvalue weighted by Crippen LogP contribution is 2.19. The van der Waals surface area contributed by atoms with Gasteiger partial charge in [-0.05, 0) is 27.2 Å². The highest BCUT2D eigenvalue weighted by molar-refractivity contribution is 6.03. The lowest BCUT2D eigenvalue weighted by Crippen LogP contribution is -2.57. The van der Waals surface area contributed by atoms with Crippen molar-refractivity contribution in [3.63, 3.8) is 0 Å². The highest BCUT2D eigenvalue weighted by atomic mass is 16.6. The Hall–Kier alpha value is -1.10. The summed E-state index contributed by atoms with van der Waals surface area (Å²) in [6, 6.07) is 0. The molecule has 0 aromatic carbocycles. The maximum atomic E-state index is 11.9. The van der Waals surface area contributed by atoms with Crippen molar-refractivity contribution in [2.24, 2.45) is 5.73 Å². The fourth-order valence-electron chi connectivity index (χ4n) is 1.50. The van der Waals surface area contributed by atoms with E-state index >= 15 is 0 Å². The first-order valence-electron chi connectivity index (χ1n) is 6.39. The third-order valence-electron chi connectivity index (χ3n) is 2.57. The summed E-state index contributed by atoms with van der Waals surface area (Å²) in [7, 11) is 0. The van der Waals surface area contributed by atoms with Gasteiger partial charge in [-0.3, -0.25) is 0 Å². The first kappa shape index (κ1) is 16.9. The molecule has 0 saturated heterocycles. The van der Waals surface area contributed by atoms with Gasteiger partial charge in [-0.1, -0.05) is 32.6 Å². The van der Waals surface area contributed by atoms with Crippen LogP contribution in [0, 0.1) is 0 Å². The van der Waals surface area contributed by atoms with Crippen LogP contribution in [0.4, 0.5) is 0 Å². The van der Waals surface area contributed by atoms with Crippen molar-refractivity contribution < 1.29 is 19.4 Å². The lowest BCUT2D eigenvalue weighted by Gasteiger charge is -2.28. The summed E-state index contributed by atoms with van der Waals surface area (Å²) >= 11 is 0. The number of unbranched alkanes of at least 4 members (excludes halogenated alkanes) is 3. The predicted octanol–water partition coefficient (Wildman–Crippen LogP) is 2.08. The topological polar surface area (TPSA) is 89.6 Å². The molecule has 0 bridgehead atoms. The first-order chi connectivity index (χ1) is 8.13. The van der Waals surface area contributed by atoms with Crippen LogP contribution in [0.15, 0.2) is 0 Å². The molecule has 0 aromatic heterocycles. The van der Waals surface area contributed by atoms with Gasteiger partial charge in [-0.2, -0.15) is 0 Å². The molecule has 5 nitrogen and oxygen atoms in total. The van der Waals surface area contributed by atoms with Gasteiger partial charge >= 0.3 is 11.9 Å². The molecule has 0 aliphatic rings. The predicted molar refractivity (Wildman–Crippen MR) is 69.2 cm³/mol. The molecule has 0 rings (SSSR count). The van der Waals surface area contributed by atoms with Gasteiger partial charge in [-0.25, -0.2) is 9.59 Å². The van der Waals surface area contributed by atoms with Crippen LogP contribution >= 0.6 is 0 Å². The van der Waals surface area contributed by atoms with Crippen LogP contribution in [-0.2, 0) is 14.3 Å². The van der Waals surface area contributed by atoms with Crippen molar-refractivity contribution in [1.82, 2.24) is 0 Å². The second-order valence-electron chi connectivity index (χ2n) is 5.59. The van der Waals surface area contributed by atoms with Crippen LogP contribution in [0.1, 0.15) is 59.8 Å². The second kappa shape index (κ2) is 6.73. The quantitative estimate of drug-likeness (QED) is 0.415. The summed E-state index contributed by atoms with van der Waals surface area (Å²) in [6.45, 7) is 7.11. The number of aliphatic carboxylic acids is 1. The molecule has 0 amide bonds. The third-order valence-corrected chi connectivity index (χ3v) is 2.57. The zero-order valence-corrected chi connectivity index (χ0v) is 11.8. The molecule has 5 heteroatoms. The van der Waals surface area contributed by atoms with Crippen molar-refractivity contribution in [1.29, 1.82) is 0 Å². The van der Waals surface area contributed by atoms with Gasteiger partial charge in [0.2, 0.25) is 5.54 Å². The van der Waals surface area contributed by atoms with E-state index in [0.29, 0.717) is 6.42 Å². The number of carbonyl (C=O) groups excluding carboxylic acids is 1. The van der Waals surface area contributed by atoms with Crippen LogP contribution in [-0.4, -0.2) is 28.2 Å². The molecule has 0 aromatic rings. The summed E-state index contributed by atoms with van der Waals surface area (Å²) in [5, 5.41) is 9.13. The second-order valence-corrected chi connectivity index (χ2v) is 5.59. The molecule has 0 aliphatic carbocycles. The normalized spacial score (nSPS) is 14.9. The molecule has 0 heterocycles. The fourth-order valence-corrected chi connectivity index (χ4v) is 1.50. The van der Waals surface area contributed by atoms with Crippen LogP contribution in [0.5, 0.6) is 0 Å². The Morgan fingerprint density at radius 3 is 2.11 bits per heavy atom. The van der Waals surface area contributed by atoms with E-state index in [0.717, 1.165) is 19.3 Å². The minimum absolute atomic E-state index is 0.108. The van der Waals surface area contributed by atoms with Gasteiger partial charge < -0.3 is 15.6 Å². The summed E-state index contributed by atoms with van der Waals surface area (Å²) in [6.07, 6.45) is 3.62. The number of carboxylic acids is 1. The van der Waals surface area contributed by atoms with E-state index in [4.69, 9.17) is 15.6 Å². The van der Waals surface area contributed by atoms with Crippen LogP contribution < -0.4 is 5.73 Å². The van der Waals surface area contributed by atoms with Gasteiger partial charge in [0.15, 0.2) is 0 Å². The van der Waals surface area contributed by atoms with Crippen molar-refractivity contribution >= 4 is 11.9 Å². The zero-order valence-electron chi connectivity index (χ0n) is 11.8. The Balaban J connectivity index is 4.61. The average Bonchev–Trinajstić information content (AvgIpc) is 2.21. The molecular formula is C13H25NO4. The maximum absolute atomic E-state index is 11.9. The standard InChI is InChI=1S/C13H25NO4/c1-5-6-7-8-9-13(14,10(15)16)11(17)18-12(2,3)4/h5-9,14H2,1-4H3,(H,15,16). The number of ether oxygens (including phenoxy) is 1. The molecule has 0 spiro atoms. The average molecular weight is 259 g/mol. The highest BCUT2D eigenvalue weighted by Gasteiger charge is 2.44. The summed E-state index contributed by atoms with van der Waals surface area (Å²) < 4.78 is 5.08. The lowest BCUT2D eigenvalue weighted by atomic mass is 9.93. The fraction of sp³-hybridized carbons (Fsp3) is 0.846. The number of carboxylic acid groups (broad SMARTS) is 1. The van der Waals surface area contributed by atoms with E-state index < -0.39 is 23.1 Å². The van der Waals surface area contributed by atoms with E-state index in [1.807, 2.05) is 0 Å². The van der Waals surface area contributed by atoms with E-state index in [2.05, 4.69) is 6.92 Å². The molecular weight excluding hydrogens is 234 g/mol. The van der Waals surface area contributed by atoms with Gasteiger partial charge in [0.05, 0.1) is 0 Å². The van der Waals surface area contributed by atoms with Gasteiger partial charge in [-0.15, -0.1) is 0 Å². The van der Waals surface area contributed by atoms with E-state index in [1.165, 1.54) is 0 Å². The molecule has 106 valence electrons. The SMILES string of the molecule is CCCCCCC(N)(C(=O)O)C(=O)OC(C)(C)C. The van der Waals surface area contributed by atoms with Crippen molar-refractivity contribution in [3.05, 3.63) is 0 Å². The van der Waals surface area contributed by atoms with E-state index in [1.54, 1.807) is 20.8 Å². The summed E-state index contributed by atoms with van der Waals surface area (Å²) in [5.74, 6) is -2.19. The Morgan fingerprint density at radius 2 is 1.72 bits per heavy atom. The molecule has 3 N–H and O–H groups in total. The van der Waals surface area contributed by atoms with Crippen LogP contribution in [0.25, 0.3) is 0 Å². The number of nitrogens with two attached hydrogens (primary N) is 1. The summed E-state index contributed by atoms with van der Waals surface area (Å²) in [4.78, 5) is 23.0. The lowest BCUT2D eigenvalue weighted by molar-refractivity contribution is -0.169. The van der Waals surface area contributed by atoms with Gasteiger partial charge in [0.25, 0.3) is 0 Å². The number of hydrogen-bond acceptors (Lipinski definition) is 4. The molecule has 18 heavy (non-hydrogen) atoms. The summed E-state index contributed by atoms with van der Waals surface area (Å²) in [5.41, 5.74) is 3.03.